The van der Waals surface area contributed by atoms with E-state index in [1.54, 1.807) is 0 Å². The highest BCUT2D eigenvalue weighted by atomic mass is 15.2. The van der Waals surface area contributed by atoms with E-state index in [0.29, 0.717) is 0 Å². The van der Waals surface area contributed by atoms with E-state index in [2.05, 4.69) is 56.7 Å². The van der Waals surface area contributed by atoms with E-state index in [0.717, 1.165) is 11.8 Å². The van der Waals surface area contributed by atoms with Crippen LogP contribution >= 0.6 is 0 Å². The molecule has 0 radical (unpaired) electrons. The normalized spacial score (nSPS) is 8.27. The van der Waals surface area contributed by atoms with Crippen molar-refractivity contribution in [2.24, 2.45) is 11.8 Å². The lowest BCUT2D eigenvalue weighted by atomic mass is 10.2. The van der Waals surface area contributed by atoms with Crippen molar-refractivity contribution >= 4 is 0 Å². The summed E-state index contributed by atoms with van der Waals surface area (Å²) in [4.78, 5) is 3.56. The third-order valence-electron chi connectivity index (χ3n) is 1.15. The van der Waals surface area contributed by atoms with Crippen LogP contribution < -0.4 is 0 Å². The molecule has 0 saturated carbocycles. The Balaban J connectivity index is -0.000000141. The molecule has 0 aromatic carbocycles. The Morgan fingerprint density at radius 3 is 1.60 bits per heavy atom. The molecule has 1 aromatic rings. The van der Waals surface area contributed by atoms with Gasteiger partial charge in [0.15, 0.2) is 0 Å². The fraction of sp³-hybridized carbons (Fsp3) is 0.833. The van der Waals surface area contributed by atoms with Crippen LogP contribution in [0.2, 0.25) is 0 Å². The van der Waals surface area contributed by atoms with Gasteiger partial charge in [-0.15, -0.1) is 0 Å². The molecule has 1 aromatic heterocycles. The Morgan fingerprint density at radius 1 is 1.13 bits per heavy atom. The summed E-state index contributed by atoms with van der Waals surface area (Å²) in [6.45, 7) is 13.1. The molecular weight excluding hydrogens is 186 g/mol. The van der Waals surface area contributed by atoms with Gasteiger partial charge in [0.25, 0.3) is 0 Å². The van der Waals surface area contributed by atoms with Crippen LogP contribution in [0.1, 0.15) is 55.4 Å². The summed E-state index contributed by atoms with van der Waals surface area (Å²) >= 11 is 0. The summed E-state index contributed by atoms with van der Waals surface area (Å²) < 4.78 is 0. The summed E-state index contributed by atoms with van der Waals surface area (Å²) in [6, 6.07) is 0. The number of aromatic amines is 1. The van der Waals surface area contributed by atoms with E-state index < -0.39 is 0 Å². The number of aromatic nitrogens is 3. The third-order valence-corrected chi connectivity index (χ3v) is 1.15. The van der Waals surface area contributed by atoms with Gasteiger partial charge in [-0.25, -0.2) is 4.98 Å². The van der Waals surface area contributed by atoms with Gasteiger partial charge >= 0.3 is 0 Å². The first kappa shape index (κ1) is 19.7. The lowest BCUT2D eigenvalue weighted by molar-refractivity contribution is 0.626. The SMILES string of the molecule is C.CC(C)C.CCC(C)C.c1nc[nH]n1. The zero-order valence-corrected chi connectivity index (χ0v) is 10.4. The maximum Gasteiger partial charge on any atom is 0.137 e. The molecule has 0 bridgehead atoms. The lowest BCUT2D eigenvalue weighted by Crippen LogP contribution is -1.77. The van der Waals surface area contributed by atoms with E-state index in [1.165, 1.54) is 19.1 Å². The minimum Gasteiger partial charge on any atom is -0.266 e. The molecule has 0 aliphatic heterocycles. The predicted molar refractivity (Wildman–Crippen MR) is 68.8 cm³/mol. The van der Waals surface area contributed by atoms with Crippen LogP contribution in [0.4, 0.5) is 0 Å². The maximum atomic E-state index is 3.56. The van der Waals surface area contributed by atoms with Gasteiger partial charge in [0.1, 0.15) is 12.7 Å². The smallest absolute Gasteiger partial charge is 0.137 e. The summed E-state index contributed by atoms with van der Waals surface area (Å²) in [5.41, 5.74) is 0. The van der Waals surface area contributed by atoms with E-state index in [1.807, 2.05) is 0 Å². The molecule has 0 amide bonds. The van der Waals surface area contributed by atoms with E-state index in [4.69, 9.17) is 0 Å². The lowest BCUT2D eigenvalue weighted by Gasteiger charge is -1.90. The van der Waals surface area contributed by atoms with Crippen LogP contribution in [0, 0.1) is 11.8 Å². The van der Waals surface area contributed by atoms with Gasteiger partial charge in [-0.05, 0) is 11.8 Å². The fourth-order valence-corrected chi connectivity index (χ4v) is 0.167. The number of nitrogens with one attached hydrogen (secondary N) is 1. The Kier molecular flexibility index (Phi) is 20.5. The number of rotatable bonds is 1. The van der Waals surface area contributed by atoms with Crippen LogP contribution in [0.15, 0.2) is 12.7 Å². The third kappa shape index (κ3) is 43.3. The van der Waals surface area contributed by atoms with Gasteiger partial charge in [0.2, 0.25) is 0 Å². The van der Waals surface area contributed by atoms with Gasteiger partial charge < -0.3 is 0 Å². The highest BCUT2D eigenvalue weighted by molar-refractivity contribution is 4.43. The number of H-pyrrole nitrogens is 1. The Hall–Kier alpha value is -0.860. The Labute approximate surface area is 95.7 Å². The zero-order chi connectivity index (χ0) is 11.4. The van der Waals surface area contributed by atoms with Crippen molar-refractivity contribution < 1.29 is 0 Å². The average Bonchev–Trinajstić information content (AvgIpc) is 2.59. The van der Waals surface area contributed by atoms with Crippen LogP contribution in [-0.4, -0.2) is 15.2 Å². The minimum atomic E-state index is 0. The van der Waals surface area contributed by atoms with Crippen molar-refractivity contribution in [1.82, 2.24) is 15.2 Å². The standard InChI is InChI=1S/C5H12.C4H10.C2H3N3.CH4/c1-4-5(2)3;1-4(2)3;1-3-2-5-4-1;/h5H,4H2,1-3H3;4H,1-3H3;1-2H,(H,3,4,5);1H4. The second kappa shape index (κ2) is 15.6. The second-order valence-electron chi connectivity index (χ2n) is 4.19. The molecule has 92 valence electrons. The first-order chi connectivity index (χ1) is 6.50. The van der Waals surface area contributed by atoms with Crippen molar-refractivity contribution in [3.8, 4) is 0 Å². The van der Waals surface area contributed by atoms with Crippen molar-refractivity contribution in [3.63, 3.8) is 0 Å². The minimum absolute atomic E-state index is 0. The molecule has 0 spiro atoms. The predicted octanol–water partition coefficient (Wildman–Crippen LogP) is 4.16. The van der Waals surface area contributed by atoms with Crippen molar-refractivity contribution in [2.75, 3.05) is 0 Å². The van der Waals surface area contributed by atoms with Gasteiger partial charge in [-0.1, -0.05) is 55.4 Å². The average molecular weight is 215 g/mol. The van der Waals surface area contributed by atoms with Gasteiger partial charge in [-0.2, -0.15) is 5.10 Å². The number of hydrogen-bond acceptors (Lipinski definition) is 2. The topological polar surface area (TPSA) is 41.6 Å². The highest BCUT2D eigenvalue weighted by Crippen LogP contribution is 1.93. The summed E-state index contributed by atoms with van der Waals surface area (Å²) in [5, 5.41) is 5.99. The molecule has 1 rings (SSSR count). The maximum absolute atomic E-state index is 3.56. The van der Waals surface area contributed by atoms with E-state index in [9.17, 15) is 0 Å². The molecule has 3 nitrogen and oxygen atoms in total. The van der Waals surface area contributed by atoms with E-state index in [-0.39, 0.29) is 7.43 Å². The second-order valence-corrected chi connectivity index (χ2v) is 4.19. The largest absolute Gasteiger partial charge is 0.266 e. The fourth-order valence-electron chi connectivity index (χ4n) is 0.167. The van der Waals surface area contributed by atoms with Crippen LogP contribution in [0.25, 0.3) is 0 Å². The summed E-state index contributed by atoms with van der Waals surface area (Å²) in [7, 11) is 0. The molecule has 3 heteroatoms. The molecule has 0 saturated heterocycles. The molecule has 15 heavy (non-hydrogen) atoms. The van der Waals surface area contributed by atoms with Crippen LogP contribution in [0.5, 0.6) is 0 Å². The van der Waals surface area contributed by atoms with E-state index >= 15 is 0 Å². The Morgan fingerprint density at radius 2 is 1.53 bits per heavy atom. The van der Waals surface area contributed by atoms with Crippen molar-refractivity contribution in [3.05, 3.63) is 12.7 Å². The van der Waals surface area contributed by atoms with Gasteiger partial charge in [0, 0.05) is 0 Å². The number of nitrogens with zero attached hydrogens (tertiary/aromatic N) is 2. The summed E-state index contributed by atoms with van der Waals surface area (Å²) in [6.07, 6.45) is 4.26. The van der Waals surface area contributed by atoms with Crippen molar-refractivity contribution in [2.45, 2.75) is 55.4 Å². The molecule has 0 aliphatic carbocycles. The Bertz CT molecular complexity index is 137. The molecule has 0 atom stereocenters. The monoisotopic (exact) mass is 215 g/mol. The molecule has 0 fully saturated rings. The highest BCUT2D eigenvalue weighted by Gasteiger charge is 1.80. The quantitative estimate of drug-likeness (QED) is 0.764. The first-order valence-electron chi connectivity index (χ1n) is 5.29. The number of hydrogen-bond donors (Lipinski definition) is 1. The van der Waals surface area contributed by atoms with Gasteiger partial charge in [-0.3, -0.25) is 5.10 Å². The zero-order valence-electron chi connectivity index (χ0n) is 10.4. The van der Waals surface area contributed by atoms with Crippen molar-refractivity contribution in [1.29, 1.82) is 0 Å². The van der Waals surface area contributed by atoms with Crippen LogP contribution in [-0.2, 0) is 0 Å². The van der Waals surface area contributed by atoms with Gasteiger partial charge in [0.05, 0.1) is 0 Å². The molecule has 1 heterocycles. The molecule has 0 unspecified atom stereocenters. The molecule has 0 aliphatic rings. The first-order valence-corrected chi connectivity index (χ1v) is 5.29. The molecule has 1 N–H and O–H groups in total. The molecular formula is C12H29N3. The summed E-state index contributed by atoms with van der Waals surface area (Å²) in [5.74, 6) is 1.72. The van der Waals surface area contributed by atoms with Crippen LogP contribution in [0.3, 0.4) is 0 Å².